The zero-order valence-corrected chi connectivity index (χ0v) is 12.9. The summed E-state index contributed by atoms with van der Waals surface area (Å²) in [5.41, 5.74) is 5.48. The second-order valence-electron chi connectivity index (χ2n) is 5.26. The summed E-state index contributed by atoms with van der Waals surface area (Å²) in [7, 11) is -3.04. The van der Waals surface area contributed by atoms with E-state index in [2.05, 4.69) is 5.32 Å². The van der Waals surface area contributed by atoms with Crippen LogP contribution >= 0.6 is 0 Å². The molecule has 0 aliphatic carbocycles. The van der Waals surface area contributed by atoms with Crippen molar-refractivity contribution in [3.63, 3.8) is 0 Å². The van der Waals surface area contributed by atoms with Crippen LogP contribution in [0.2, 0.25) is 0 Å². The summed E-state index contributed by atoms with van der Waals surface area (Å²) in [6.45, 7) is 1.57. The Balaban J connectivity index is 1.90. The first-order valence-corrected chi connectivity index (χ1v) is 8.66. The Labute approximate surface area is 128 Å². The Kier molecular flexibility index (Phi) is 4.70. The fraction of sp³-hybridized carbons (Fsp3) is 0.429. The summed E-state index contributed by atoms with van der Waals surface area (Å²) in [6, 6.07) is 5.74. The molecule has 1 aromatic rings. The number of carbonyl (C=O) groups is 2. The summed E-state index contributed by atoms with van der Waals surface area (Å²) < 4.78 is 28.2. The van der Waals surface area contributed by atoms with Crippen LogP contribution in [0.4, 0.5) is 0 Å². The highest BCUT2D eigenvalue weighted by Crippen LogP contribution is 2.15. The van der Waals surface area contributed by atoms with E-state index < -0.39 is 21.8 Å². The van der Waals surface area contributed by atoms with Crippen LogP contribution in [-0.2, 0) is 14.6 Å². The lowest BCUT2D eigenvalue weighted by Gasteiger charge is -2.17. The normalized spacial score (nSPS) is 21.0. The Morgan fingerprint density at radius 1 is 1.32 bits per heavy atom. The van der Waals surface area contributed by atoms with Gasteiger partial charge in [0.25, 0.3) is 5.91 Å². The fourth-order valence-electron chi connectivity index (χ4n) is 2.18. The molecule has 1 aliphatic rings. The maximum absolute atomic E-state index is 12.0. The predicted octanol–water partition coefficient (Wildman–Crippen LogP) is -0.144. The molecule has 2 atom stereocenters. The lowest BCUT2D eigenvalue weighted by Crippen LogP contribution is -2.43. The molecule has 2 amide bonds. The van der Waals surface area contributed by atoms with Gasteiger partial charge in [0, 0.05) is 11.6 Å². The van der Waals surface area contributed by atoms with Gasteiger partial charge in [0.15, 0.2) is 15.9 Å². The molecule has 0 radical (unpaired) electrons. The molecule has 2 rings (SSSR count). The first-order valence-electron chi connectivity index (χ1n) is 6.84. The first-order chi connectivity index (χ1) is 10.3. The number of nitrogens with two attached hydrogens (primary N) is 1. The van der Waals surface area contributed by atoms with Crippen molar-refractivity contribution < 1.29 is 22.7 Å². The van der Waals surface area contributed by atoms with Crippen molar-refractivity contribution in [2.24, 2.45) is 5.73 Å². The number of hydrogen-bond acceptors (Lipinski definition) is 5. The fourth-order valence-corrected chi connectivity index (χ4v) is 3.86. The molecule has 1 aliphatic heterocycles. The molecule has 0 spiro atoms. The Morgan fingerprint density at radius 3 is 2.45 bits per heavy atom. The molecular weight excluding hydrogens is 308 g/mol. The van der Waals surface area contributed by atoms with E-state index in [1.165, 1.54) is 12.1 Å². The lowest BCUT2D eigenvalue weighted by molar-refractivity contribution is -0.127. The van der Waals surface area contributed by atoms with Gasteiger partial charge < -0.3 is 15.8 Å². The maximum Gasteiger partial charge on any atom is 0.261 e. The summed E-state index contributed by atoms with van der Waals surface area (Å²) >= 11 is 0. The zero-order valence-electron chi connectivity index (χ0n) is 12.1. The average molecular weight is 326 g/mol. The highest BCUT2D eigenvalue weighted by atomic mass is 32.2. The van der Waals surface area contributed by atoms with Gasteiger partial charge in [-0.2, -0.15) is 0 Å². The van der Waals surface area contributed by atoms with Gasteiger partial charge in [0.1, 0.15) is 5.75 Å². The number of primary amides is 1. The summed E-state index contributed by atoms with van der Waals surface area (Å²) in [5.74, 6) is -0.423. The van der Waals surface area contributed by atoms with Crippen molar-refractivity contribution in [2.75, 3.05) is 11.5 Å². The van der Waals surface area contributed by atoms with Gasteiger partial charge >= 0.3 is 0 Å². The third-order valence-electron chi connectivity index (χ3n) is 3.40. The smallest absolute Gasteiger partial charge is 0.261 e. The zero-order chi connectivity index (χ0) is 16.3. The Morgan fingerprint density at radius 2 is 1.95 bits per heavy atom. The molecule has 8 heteroatoms. The molecular formula is C14H18N2O5S. The number of benzene rings is 1. The van der Waals surface area contributed by atoms with E-state index >= 15 is 0 Å². The minimum Gasteiger partial charge on any atom is -0.481 e. The Bertz CT molecular complexity index is 669. The second-order valence-corrected chi connectivity index (χ2v) is 7.49. The van der Waals surface area contributed by atoms with Crippen molar-refractivity contribution in [3.8, 4) is 5.75 Å². The lowest BCUT2D eigenvalue weighted by atomic mass is 10.2. The van der Waals surface area contributed by atoms with Crippen LogP contribution in [0.15, 0.2) is 24.3 Å². The number of amides is 2. The highest BCUT2D eigenvalue weighted by molar-refractivity contribution is 7.91. The number of ether oxygens (including phenoxy) is 1. The molecule has 1 saturated heterocycles. The van der Waals surface area contributed by atoms with Crippen molar-refractivity contribution in [2.45, 2.75) is 25.5 Å². The number of sulfone groups is 1. The molecule has 22 heavy (non-hydrogen) atoms. The second kappa shape index (κ2) is 6.35. The molecule has 0 unspecified atom stereocenters. The summed E-state index contributed by atoms with van der Waals surface area (Å²) in [6.07, 6.45) is -0.351. The Hall–Kier alpha value is -2.09. The first kappa shape index (κ1) is 16.3. The van der Waals surface area contributed by atoms with Crippen LogP contribution in [0.25, 0.3) is 0 Å². The maximum atomic E-state index is 12.0. The standard InChI is InChI=1S/C14H18N2O5S/c1-9(14(18)16-11-6-7-22(19,20)8-11)21-12-4-2-10(3-5-12)13(15)17/h2-5,9,11H,6-8H2,1H3,(H2,15,17)(H,16,18)/t9-,11-/m1/s1. The molecule has 1 heterocycles. The molecule has 7 nitrogen and oxygen atoms in total. The predicted molar refractivity (Wildman–Crippen MR) is 80.3 cm³/mol. The monoisotopic (exact) mass is 326 g/mol. The minimum absolute atomic E-state index is 0.0290. The van der Waals surface area contributed by atoms with E-state index in [0.717, 1.165) is 0 Å². The van der Waals surface area contributed by atoms with E-state index in [1.807, 2.05) is 0 Å². The van der Waals surface area contributed by atoms with Gasteiger partial charge in [-0.15, -0.1) is 0 Å². The topological polar surface area (TPSA) is 116 Å². The average Bonchev–Trinajstić information content (AvgIpc) is 2.78. The summed E-state index contributed by atoms with van der Waals surface area (Å²) in [4.78, 5) is 22.9. The van der Waals surface area contributed by atoms with E-state index in [0.29, 0.717) is 17.7 Å². The molecule has 0 bridgehead atoms. The molecule has 0 aromatic heterocycles. The van der Waals surface area contributed by atoms with E-state index in [-0.39, 0.29) is 23.5 Å². The van der Waals surface area contributed by atoms with Crippen LogP contribution < -0.4 is 15.8 Å². The van der Waals surface area contributed by atoms with Gasteiger partial charge in [-0.05, 0) is 37.6 Å². The third kappa shape index (κ3) is 4.20. The van der Waals surface area contributed by atoms with Gasteiger partial charge in [-0.1, -0.05) is 0 Å². The summed E-state index contributed by atoms with van der Waals surface area (Å²) in [5, 5.41) is 2.67. The minimum atomic E-state index is -3.04. The van der Waals surface area contributed by atoms with Gasteiger partial charge in [-0.3, -0.25) is 9.59 Å². The van der Waals surface area contributed by atoms with E-state index in [4.69, 9.17) is 10.5 Å². The van der Waals surface area contributed by atoms with Gasteiger partial charge in [0.05, 0.1) is 11.5 Å². The van der Waals surface area contributed by atoms with Crippen LogP contribution in [0.5, 0.6) is 5.75 Å². The van der Waals surface area contributed by atoms with Crippen molar-refractivity contribution >= 4 is 21.7 Å². The number of carbonyl (C=O) groups excluding carboxylic acids is 2. The largest absolute Gasteiger partial charge is 0.481 e. The van der Waals surface area contributed by atoms with Gasteiger partial charge in [-0.25, -0.2) is 8.42 Å². The third-order valence-corrected chi connectivity index (χ3v) is 5.17. The highest BCUT2D eigenvalue weighted by Gasteiger charge is 2.30. The number of nitrogens with one attached hydrogen (secondary N) is 1. The van der Waals surface area contributed by atoms with Crippen LogP contribution in [-0.4, -0.2) is 43.9 Å². The van der Waals surface area contributed by atoms with Crippen molar-refractivity contribution in [1.82, 2.24) is 5.32 Å². The molecule has 1 fully saturated rings. The molecule has 3 N–H and O–H groups in total. The van der Waals surface area contributed by atoms with Gasteiger partial charge in [0.2, 0.25) is 5.91 Å². The molecule has 0 saturated carbocycles. The number of hydrogen-bond donors (Lipinski definition) is 2. The van der Waals surface area contributed by atoms with Crippen LogP contribution in [0.1, 0.15) is 23.7 Å². The van der Waals surface area contributed by atoms with Crippen LogP contribution in [0.3, 0.4) is 0 Å². The molecule has 1 aromatic carbocycles. The van der Waals surface area contributed by atoms with E-state index in [1.54, 1.807) is 19.1 Å². The quantitative estimate of drug-likeness (QED) is 0.781. The SMILES string of the molecule is C[C@@H](Oc1ccc(C(N)=O)cc1)C(=O)N[C@@H]1CCS(=O)(=O)C1. The number of rotatable bonds is 5. The van der Waals surface area contributed by atoms with E-state index in [9.17, 15) is 18.0 Å². The molecule has 120 valence electrons. The van der Waals surface area contributed by atoms with Crippen LogP contribution in [0, 0.1) is 0 Å². The van der Waals surface area contributed by atoms with Crippen molar-refractivity contribution in [3.05, 3.63) is 29.8 Å². The van der Waals surface area contributed by atoms with Crippen molar-refractivity contribution in [1.29, 1.82) is 0 Å².